The maximum absolute atomic E-state index is 11.5. The lowest BCUT2D eigenvalue weighted by atomic mass is 10.1. The predicted octanol–water partition coefficient (Wildman–Crippen LogP) is -1.41. The summed E-state index contributed by atoms with van der Waals surface area (Å²) in [6.45, 7) is 1.66. The van der Waals surface area contributed by atoms with Crippen molar-refractivity contribution in [2.24, 2.45) is 4.99 Å². The van der Waals surface area contributed by atoms with Crippen LogP contribution in [0.4, 0.5) is 17.5 Å². The predicted molar refractivity (Wildman–Crippen MR) is 62.5 cm³/mol. The molecule has 0 bridgehead atoms. The fraction of sp³-hybridized carbons (Fsp3) is 0.444. The number of aliphatic imine (C=N–C) groups is 1. The molecule has 0 amide bonds. The smallest absolute Gasteiger partial charge is 0.302 e. The number of aliphatic hydroxyl groups is 2. The molecule has 0 fully saturated rings. The molecule has 8 heteroatoms. The molecule has 0 saturated heterocycles. The van der Waals surface area contributed by atoms with Gasteiger partial charge in [-0.3, -0.25) is 4.79 Å². The minimum absolute atomic E-state index is 0.00373. The zero-order valence-electron chi connectivity index (χ0n) is 9.14. The maximum Gasteiger partial charge on any atom is 0.302 e. The topological polar surface area (TPSA) is 137 Å². The highest BCUT2D eigenvalue weighted by Gasteiger charge is 2.23. The number of rotatable bonds is 2. The van der Waals surface area contributed by atoms with E-state index in [0.717, 1.165) is 0 Å². The van der Waals surface area contributed by atoms with Crippen molar-refractivity contribution in [2.75, 3.05) is 17.6 Å². The highest BCUT2D eigenvalue weighted by Crippen LogP contribution is 2.22. The average molecular weight is 239 g/mol. The van der Waals surface area contributed by atoms with Gasteiger partial charge in [0, 0.05) is 0 Å². The fourth-order valence-electron chi connectivity index (χ4n) is 1.53. The molecule has 2 heterocycles. The van der Waals surface area contributed by atoms with Gasteiger partial charge in [-0.15, -0.1) is 0 Å². The van der Waals surface area contributed by atoms with Gasteiger partial charge in [-0.2, -0.15) is 4.98 Å². The van der Waals surface area contributed by atoms with Crippen molar-refractivity contribution in [3.63, 3.8) is 0 Å². The normalized spacial score (nSPS) is 17.7. The van der Waals surface area contributed by atoms with E-state index in [1.807, 2.05) is 0 Å². The Balaban J connectivity index is 2.45. The Morgan fingerprint density at radius 2 is 2.18 bits per heavy atom. The van der Waals surface area contributed by atoms with E-state index in [0.29, 0.717) is 5.82 Å². The van der Waals surface area contributed by atoms with Crippen molar-refractivity contribution in [3.8, 4) is 0 Å². The highest BCUT2D eigenvalue weighted by molar-refractivity contribution is 5.97. The van der Waals surface area contributed by atoms with Crippen LogP contribution in [0.5, 0.6) is 0 Å². The number of aromatic nitrogens is 2. The van der Waals surface area contributed by atoms with Crippen LogP contribution in [0, 0.1) is 0 Å². The van der Waals surface area contributed by atoms with Crippen molar-refractivity contribution < 1.29 is 10.2 Å². The molecular formula is C9H13N5O3. The number of nitrogen functional groups attached to an aromatic ring is 1. The molecule has 17 heavy (non-hydrogen) atoms. The lowest BCUT2D eigenvalue weighted by Gasteiger charge is -2.21. The number of hydrogen-bond donors (Lipinski definition) is 5. The first-order valence-electron chi connectivity index (χ1n) is 5.06. The van der Waals surface area contributed by atoms with Crippen molar-refractivity contribution in [1.29, 1.82) is 0 Å². The van der Waals surface area contributed by atoms with Crippen molar-refractivity contribution >= 4 is 23.2 Å². The Labute approximate surface area is 96.2 Å². The largest absolute Gasteiger partial charge is 0.390 e. The third-order valence-electron chi connectivity index (χ3n) is 2.41. The lowest BCUT2D eigenvalue weighted by molar-refractivity contribution is 0.0731. The molecule has 1 aromatic rings. The minimum atomic E-state index is -1.12. The number of aliphatic hydroxyl groups excluding tert-OH is 2. The Morgan fingerprint density at radius 1 is 1.47 bits per heavy atom. The third kappa shape index (κ3) is 2.12. The van der Waals surface area contributed by atoms with Gasteiger partial charge < -0.3 is 26.2 Å². The molecule has 2 rings (SSSR count). The first kappa shape index (κ1) is 11.6. The summed E-state index contributed by atoms with van der Waals surface area (Å²) >= 11 is 0. The SMILES string of the molecule is CC(O)[C@H](O)C1=Nc2c([nH]c(N)nc2=O)NC1. The number of fused-ring (bicyclic) bond motifs is 1. The van der Waals surface area contributed by atoms with E-state index in [-0.39, 0.29) is 23.9 Å². The van der Waals surface area contributed by atoms with Crippen LogP contribution in [0.15, 0.2) is 9.79 Å². The number of nitrogens with zero attached hydrogens (tertiary/aromatic N) is 2. The van der Waals surface area contributed by atoms with Crippen molar-refractivity contribution in [1.82, 2.24) is 9.97 Å². The van der Waals surface area contributed by atoms with Gasteiger partial charge in [0.1, 0.15) is 11.9 Å². The summed E-state index contributed by atoms with van der Waals surface area (Å²) in [6, 6.07) is 0. The van der Waals surface area contributed by atoms with E-state index in [2.05, 4.69) is 20.3 Å². The second kappa shape index (κ2) is 4.15. The molecule has 0 aromatic carbocycles. The first-order chi connectivity index (χ1) is 7.99. The lowest BCUT2D eigenvalue weighted by Crippen LogP contribution is -2.38. The summed E-state index contributed by atoms with van der Waals surface area (Å²) in [7, 11) is 0. The van der Waals surface area contributed by atoms with Gasteiger partial charge >= 0.3 is 5.56 Å². The molecular weight excluding hydrogens is 226 g/mol. The van der Waals surface area contributed by atoms with Crippen LogP contribution >= 0.6 is 0 Å². The quantitative estimate of drug-likeness (QED) is 0.430. The fourth-order valence-corrected chi connectivity index (χ4v) is 1.53. The number of anilines is 2. The second-order valence-electron chi connectivity index (χ2n) is 3.79. The van der Waals surface area contributed by atoms with E-state index in [4.69, 9.17) is 5.73 Å². The van der Waals surface area contributed by atoms with Gasteiger partial charge in [0.15, 0.2) is 5.69 Å². The number of aromatic amines is 1. The van der Waals surface area contributed by atoms with Gasteiger partial charge in [-0.25, -0.2) is 4.99 Å². The number of nitrogens with one attached hydrogen (secondary N) is 2. The first-order valence-corrected chi connectivity index (χ1v) is 5.06. The van der Waals surface area contributed by atoms with Crippen LogP contribution in [0.25, 0.3) is 0 Å². The van der Waals surface area contributed by atoms with Crippen molar-refractivity contribution in [3.05, 3.63) is 10.4 Å². The van der Waals surface area contributed by atoms with Crippen LogP contribution in [-0.4, -0.2) is 44.6 Å². The molecule has 92 valence electrons. The molecule has 2 atom stereocenters. The summed E-state index contributed by atoms with van der Waals surface area (Å²) in [5.74, 6) is 0.361. The molecule has 1 aliphatic heterocycles. The Bertz CT molecular complexity index is 522. The van der Waals surface area contributed by atoms with E-state index >= 15 is 0 Å². The molecule has 1 unspecified atom stereocenters. The molecule has 6 N–H and O–H groups in total. The summed E-state index contributed by atoms with van der Waals surface area (Å²) in [5, 5.41) is 21.8. The summed E-state index contributed by atoms with van der Waals surface area (Å²) in [5.41, 5.74) is 5.13. The van der Waals surface area contributed by atoms with Gasteiger partial charge in [-0.1, -0.05) is 0 Å². The number of nitrogens with two attached hydrogens (primary N) is 1. The van der Waals surface area contributed by atoms with Gasteiger partial charge in [0.05, 0.1) is 18.4 Å². The zero-order chi connectivity index (χ0) is 12.6. The number of H-pyrrole nitrogens is 1. The van der Waals surface area contributed by atoms with E-state index in [9.17, 15) is 15.0 Å². The monoisotopic (exact) mass is 239 g/mol. The standard InChI is InChI=1S/C9H13N5O3/c1-3(15)6(16)4-2-11-7-5(12-4)8(17)14-9(10)13-7/h3,6,15-16H,2H2,1H3,(H4,10,11,13,14,17)/t3?,6-/m0/s1. The van der Waals surface area contributed by atoms with Crippen LogP contribution in [0.3, 0.4) is 0 Å². The highest BCUT2D eigenvalue weighted by atomic mass is 16.3. The maximum atomic E-state index is 11.5. The van der Waals surface area contributed by atoms with E-state index < -0.39 is 17.8 Å². The van der Waals surface area contributed by atoms with Crippen LogP contribution in [0.2, 0.25) is 0 Å². The molecule has 0 saturated carbocycles. The van der Waals surface area contributed by atoms with Crippen LogP contribution in [-0.2, 0) is 0 Å². The number of hydrogen-bond acceptors (Lipinski definition) is 7. The third-order valence-corrected chi connectivity index (χ3v) is 2.41. The average Bonchev–Trinajstić information content (AvgIpc) is 2.27. The Morgan fingerprint density at radius 3 is 2.82 bits per heavy atom. The zero-order valence-corrected chi connectivity index (χ0v) is 9.14. The van der Waals surface area contributed by atoms with Crippen LogP contribution < -0.4 is 16.6 Å². The van der Waals surface area contributed by atoms with Gasteiger partial charge in [0.25, 0.3) is 0 Å². The summed E-state index contributed by atoms with van der Waals surface area (Å²) in [4.78, 5) is 21.7. The molecule has 1 aliphatic rings. The summed E-state index contributed by atoms with van der Waals surface area (Å²) < 4.78 is 0. The van der Waals surface area contributed by atoms with E-state index in [1.165, 1.54) is 6.92 Å². The van der Waals surface area contributed by atoms with E-state index in [1.54, 1.807) is 0 Å². The Kier molecular flexibility index (Phi) is 2.82. The van der Waals surface area contributed by atoms with Gasteiger partial charge in [-0.05, 0) is 6.92 Å². The van der Waals surface area contributed by atoms with Crippen LogP contribution in [0.1, 0.15) is 6.92 Å². The molecule has 0 aliphatic carbocycles. The molecule has 0 spiro atoms. The van der Waals surface area contributed by atoms with Crippen molar-refractivity contribution in [2.45, 2.75) is 19.1 Å². The van der Waals surface area contributed by atoms with Gasteiger partial charge in [0.2, 0.25) is 5.95 Å². The summed E-state index contributed by atoms with van der Waals surface area (Å²) in [6.07, 6.45) is -2.08. The minimum Gasteiger partial charge on any atom is -0.390 e. The Hall–Kier alpha value is -1.93. The molecule has 8 nitrogen and oxygen atoms in total. The molecule has 1 aromatic heterocycles. The second-order valence-corrected chi connectivity index (χ2v) is 3.79. The molecule has 0 radical (unpaired) electrons.